The van der Waals surface area contributed by atoms with Crippen molar-refractivity contribution in [3.63, 3.8) is 0 Å². The predicted molar refractivity (Wildman–Crippen MR) is 71.4 cm³/mol. The highest BCUT2D eigenvalue weighted by atomic mass is 35.5. The quantitative estimate of drug-likeness (QED) is 0.491. The van der Waals surface area contributed by atoms with Gasteiger partial charge in [0.1, 0.15) is 5.56 Å². The minimum Gasteiger partial charge on any atom is -0.352 e. The lowest BCUT2D eigenvalue weighted by Gasteiger charge is -2.05. The van der Waals surface area contributed by atoms with Crippen molar-refractivity contribution in [3.8, 4) is 0 Å². The average Bonchev–Trinajstić information content (AvgIpc) is 2.28. The van der Waals surface area contributed by atoms with Crippen LogP contribution in [0.25, 0.3) is 0 Å². The molecule has 0 fully saturated rings. The molecule has 0 aliphatic carbocycles. The van der Waals surface area contributed by atoms with E-state index in [2.05, 4.69) is 5.32 Å². The van der Waals surface area contributed by atoms with Gasteiger partial charge in [-0.3, -0.25) is 14.9 Å². The zero-order chi connectivity index (χ0) is 12.8. The fraction of sp³-hybridized carbons (Fsp3) is 0.300. The Hall–Kier alpha value is -1.37. The third-order valence-corrected chi connectivity index (χ3v) is 2.30. The van der Waals surface area contributed by atoms with Crippen molar-refractivity contribution < 1.29 is 9.72 Å². The van der Waals surface area contributed by atoms with Crippen LogP contribution in [0.4, 0.5) is 5.69 Å². The maximum absolute atomic E-state index is 11.7. The first kappa shape index (κ1) is 16.6. The molecule has 0 spiro atoms. The average molecular weight is 294 g/mol. The topological polar surface area (TPSA) is 98.3 Å². The van der Waals surface area contributed by atoms with E-state index in [9.17, 15) is 14.9 Å². The third-order valence-electron chi connectivity index (χ3n) is 2.07. The summed E-state index contributed by atoms with van der Waals surface area (Å²) in [5.74, 6) is -0.521. The molecule has 0 aliphatic rings. The largest absolute Gasteiger partial charge is 0.352 e. The monoisotopic (exact) mass is 293 g/mol. The Labute approximate surface area is 115 Å². The van der Waals surface area contributed by atoms with E-state index in [0.29, 0.717) is 19.5 Å². The molecule has 0 saturated carbocycles. The molecular formula is C10H13Cl2N3O3. The molecule has 1 aromatic carbocycles. The molecule has 0 atom stereocenters. The molecule has 1 aromatic rings. The highest BCUT2D eigenvalue weighted by molar-refractivity contribution is 6.31. The Morgan fingerprint density at radius 2 is 2.17 bits per heavy atom. The number of nitro groups is 1. The Balaban J connectivity index is 0.00000289. The highest BCUT2D eigenvalue weighted by Crippen LogP contribution is 2.22. The Morgan fingerprint density at radius 1 is 1.50 bits per heavy atom. The number of halogens is 2. The number of rotatable bonds is 5. The maximum Gasteiger partial charge on any atom is 0.282 e. The fourth-order valence-corrected chi connectivity index (χ4v) is 1.42. The van der Waals surface area contributed by atoms with Gasteiger partial charge in [-0.05, 0) is 25.1 Å². The number of benzene rings is 1. The summed E-state index contributed by atoms with van der Waals surface area (Å²) in [6, 6.07) is 3.86. The highest BCUT2D eigenvalue weighted by Gasteiger charge is 2.19. The van der Waals surface area contributed by atoms with Crippen molar-refractivity contribution in [1.29, 1.82) is 0 Å². The molecular weight excluding hydrogens is 281 g/mol. The van der Waals surface area contributed by atoms with E-state index in [-0.39, 0.29) is 28.7 Å². The van der Waals surface area contributed by atoms with Gasteiger partial charge in [0, 0.05) is 17.6 Å². The lowest BCUT2D eigenvalue weighted by atomic mass is 10.1. The van der Waals surface area contributed by atoms with Crippen molar-refractivity contribution in [2.24, 2.45) is 5.73 Å². The third kappa shape index (κ3) is 4.48. The van der Waals surface area contributed by atoms with Crippen molar-refractivity contribution in [1.82, 2.24) is 5.32 Å². The summed E-state index contributed by atoms with van der Waals surface area (Å²) in [5, 5.41) is 13.5. The summed E-state index contributed by atoms with van der Waals surface area (Å²) in [5.41, 5.74) is 4.97. The van der Waals surface area contributed by atoms with Crippen LogP contribution < -0.4 is 11.1 Å². The lowest BCUT2D eigenvalue weighted by Crippen LogP contribution is -2.26. The number of nitrogens with one attached hydrogen (secondary N) is 1. The predicted octanol–water partition coefficient (Wildman–Crippen LogP) is 1.75. The number of carbonyl (C=O) groups is 1. The summed E-state index contributed by atoms with van der Waals surface area (Å²) < 4.78 is 0. The van der Waals surface area contributed by atoms with Crippen molar-refractivity contribution >= 4 is 35.6 Å². The van der Waals surface area contributed by atoms with Crippen molar-refractivity contribution in [2.45, 2.75) is 6.42 Å². The van der Waals surface area contributed by atoms with Gasteiger partial charge in [0.15, 0.2) is 0 Å². The van der Waals surface area contributed by atoms with Crippen LogP contribution in [0, 0.1) is 10.1 Å². The molecule has 0 radical (unpaired) electrons. The van der Waals surface area contributed by atoms with Crippen LogP contribution in [-0.4, -0.2) is 23.9 Å². The summed E-state index contributed by atoms with van der Waals surface area (Å²) in [7, 11) is 0. The van der Waals surface area contributed by atoms with Gasteiger partial charge >= 0.3 is 0 Å². The number of hydrogen-bond acceptors (Lipinski definition) is 4. The van der Waals surface area contributed by atoms with E-state index >= 15 is 0 Å². The Bertz CT molecular complexity index is 440. The molecule has 3 N–H and O–H groups in total. The number of carbonyl (C=O) groups excluding carboxylic acids is 1. The molecule has 0 aromatic heterocycles. The van der Waals surface area contributed by atoms with Gasteiger partial charge in [-0.15, -0.1) is 12.4 Å². The molecule has 0 heterocycles. The van der Waals surface area contributed by atoms with E-state index in [1.807, 2.05) is 0 Å². The van der Waals surface area contributed by atoms with Gasteiger partial charge in [-0.2, -0.15) is 0 Å². The van der Waals surface area contributed by atoms with E-state index in [1.165, 1.54) is 18.2 Å². The maximum atomic E-state index is 11.7. The second kappa shape index (κ2) is 7.86. The first-order chi connectivity index (χ1) is 8.06. The van der Waals surface area contributed by atoms with Crippen LogP contribution >= 0.6 is 24.0 Å². The molecule has 1 amide bonds. The number of nitrogens with zero attached hydrogens (tertiary/aromatic N) is 1. The zero-order valence-corrected chi connectivity index (χ0v) is 11.0. The van der Waals surface area contributed by atoms with Gasteiger partial charge < -0.3 is 11.1 Å². The lowest BCUT2D eigenvalue weighted by molar-refractivity contribution is -0.385. The second-order valence-electron chi connectivity index (χ2n) is 3.32. The second-order valence-corrected chi connectivity index (χ2v) is 3.75. The first-order valence-electron chi connectivity index (χ1n) is 4.98. The SMILES string of the molecule is Cl.NCCCNC(=O)c1cc(Cl)ccc1[N+](=O)[O-]. The molecule has 0 unspecified atom stereocenters. The van der Waals surface area contributed by atoms with E-state index in [1.54, 1.807) is 0 Å². The number of nitro benzene ring substituents is 1. The molecule has 0 bridgehead atoms. The number of hydrogen-bond donors (Lipinski definition) is 2. The van der Waals surface area contributed by atoms with Crippen LogP contribution in [0.3, 0.4) is 0 Å². The fourth-order valence-electron chi connectivity index (χ4n) is 1.25. The van der Waals surface area contributed by atoms with Gasteiger partial charge in [0.2, 0.25) is 0 Å². The summed E-state index contributed by atoms with van der Waals surface area (Å²) >= 11 is 5.70. The van der Waals surface area contributed by atoms with Crippen LogP contribution in [0.15, 0.2) is 18.2 Å². The minimum atomic E-state index is -0.617. The van der Waals surface area contributed by atoms with Gasteiger partial charge in [0.25, 0.3) is 11.6 Å². The molecule has 6 nitrogen and oxygen atoms in total. The van der Waals surface area contributed by atoms with Crippen LogP contribution in [0.5, 0.6) is 0 Å². The van der Waals surface area contributed by atoms with E-state index in [4.69, 9.17) is 17.3 Å². The minimum absolute atomic E-state index is 0. The summed E-state index contributed by atoms with van der Waals surface area (Å²) in [6.45, 7) is 0.816. The zero-order valence-electron chi connectivity index (χ0n) is 9.39. The number of amides is 1. The van der Waals surface area contributed by atoms with E-state index < -0.39 is 10.8 Å². The van der Waals surface area contributed by atoms with Gasteiger partial charge in [0.05, 0.1) is 4.92 Å². The van der Waals surface area contributed by atoms with Crippen LogP contribution in [0.2, 0.25) is 5.02 Å². The van der Waals surface area contributed by atoms with Crippen LogP contribution in [-0.2, 0) is 0 Å². The van der Waals surface area contributed by atoms with E-state index in [0.717, 1.165) is 0 Å². The summed E-state index contributed by atoms with van der Waals surface area (Å²) in [4.78, 5) is 21.8. The van der Waals surface area contributed by atoms with Crippen molar-refractivity contribution in [2.75, 3.05) is 13.1 Å². The molecule has 18 heavy (non-hydrogen) atoms. The molecule has 100 valence electrons. The number of nitrogens with two attached hydrogens (primary N) is 1. The molecule has 0 aliphatic heterocycles. The molecule has 1 rings (SSSR count). The normalized spacial score (nSPS) is 9.44. The molecule has 0 saturated heterocycles. The van der Waals surface area contributed by atoms with Gasteiger partial charge in [-0.25, -0.2) is 0 Å². The first-order valence-corrected chi connectivity index (χ1v) is 5.36. The van der Waals surface area contributed by atoms with Crippen molar-refractivity contribution in [3.05, 3.63) is 38.9 Å². The standard InChI is InChI=1S/C10H12ClN3O3.ClH/c11-7-2-3-9(14(16)17)8(6-7)10(15)13-5-1-4-12;/h2-3,6H,1,4-5,12H2,(H,13,15);1H. The Morgan fingerprint density at radius 3 is 2.72 bits per heavy atom. The Kier molecular flexibility index (Phi) is 7.26. The van der Waals surface area contributed by atoms with Gasteiger partial charge in [-0.1, -0.05) is 11.6 Å². The smallest absolute Gasteiger partial charge is 0.282 e. The summed E-state index contributed by atoms with van der Waals surface area (Å²) in [6.07, 6.45) is 0.611. The molecule has 8 heteroatoms. The van der Waals surface area contributed by atoms with Crippen LogP contribution in [0.1, 0.15) is 16.8 Å².